The predicted octanol–water partition coefficient (Wildman–Crippen LogP) is 4.10. The zero-order valence-corrected chi connectivity index (χ0v) is 20.3. The number of hydrogen-bond donors (Lipinski definition) is 2. The van der Waals surface area contributed by atoms with Gasteiger partial charge < -0.3 is 29.7 Å². The summed E-state index contributed by atoms with van der Waals surface area (Å²) >= 11 is 0. The summed E-state index contributed by atoms with van der Waals surface area (Å²) in [5.74, 6) is 0.528. The van der Waals surface area contributed by atoms with Gasteiger partial charge in [-0.25, -0.2) is 0 Å². The number of methoxy groups -OCH3 is 2. The summed E-state index contributed by atoms with van der Waals surface area (Å²) in [6.45, 7) is 5.57. The van der Waals surface area contributed by atoms with Gasteiger partial charge in [0.15, 0.2) is 0 Å². The highest BCUT2D eigenvalue weighted by atomic mass is 16.5. The van der Waals surface area contributed by atoms with Crippen molar-refractivity contribution in [3.8, 4) is 11.5 Å². The van der Waals surface area contributed by atoms with Crippen molar-refractivity contribution in [2.45, 2.75) is 32.6 Å². The molecule has 1 saturated heterocycles. The Hall–Kier alpha value is -3.26. The summed E-state index contributed by atoms with van der Waals surface area (Å²) in [6, 6.07) is 10.5. The van der Waals surface area contributed by atoms with Crippen molar-refractivity contribution in [2.24, 2.45) is 0 Å². The summed E-state index contributed by atoms with van der Waals surface area (Å²) < 4.78 is 15.9. The maximum atomic E-state index is 13.1. The van der Waals surface area contributed by atoms with Crippen molar-refractivity contribution in [1.82, 2.24) is 5.32 Å². The third-order valence-electron chi connectivity index (χ3n) is 5.80. The summed E-state index contributed by atoms with van der Waals surface area (Å²) in [7, 11) is 3.06. The van der Waals surface area contributed by atoms with Crippen LogP contribution in [-0.2, 0) is 4.74 Å². The van der Waals surface area contributed by atoms with Crippen LogP contribution in [0.5, 0.6) is 11.5 Å². The van der Waals surface area contributed by atoms with Crippen LogP contribution in [0.25, 0.3) is 0 Å². The summed E-state index contributed by atoms with van der Waals surface area (Å²) in [5, 5.41) is 5.89. The molecular weight excluding hydrogens is 434 g/mol. The lowest BCUT2D eigenvalue weighted by Crippen LogP contribution is -2.33. The highest BCUT2D eigenvalue weighted by molar-refractivity contribution is 6.08. The molecule has 0 atom stereocenters. The van der Waals surface area contributed by atoms with E-state index < -0.39 is 0 Å². The van der Waals surface area contributed by atoms with Gasteiger partial charge in [0.1, 0.15) is 11.5 Å². The number of anilines is 2. The number of amides is 2. The van der Waals surface area contributed by atoms with E-state index in [4.69, 9.17) is 14.2 Å². The Balaban J connectivity index is 1.80. The molecule has 0 bridgehead atoms. The molecule has 2 aromatic rings. The molecule has 2 N–H and O–H groups in total. The Bertz CT molecular complexity index is 973. The first kappa shape index (κ1) is 25.4. The lowest BCUT2D eigenvalue weighted by molar-refractivity contribution is 0.0943. The van der Waals surface area contributed by atoms with Crippen LogP contribution >= 0.6 is 0 Å². The minimum atomic E-state index is -0.326. The van der Waals surface area contributed by atoms with Crippen molar-refractivity contribution in [3.63, 3.8) is 0 Å². The Morgan fingerprint density at radius 1 is 0.941 bits per heavy atom. The van der Waals surface area contributed by atoms with Crippen LogP contribution in [0.15, 0.2) is 36.4 Å². The van der Waals surface area contributed by atoms with Crippen molar-refractivity contribution in [1.29, 1.82) is 0 Å². The molecule has 1 aliphatic heterocycles. The minimum absolute atomic E-state index is 0.157. The lowest BCUT2D eigenvalue weighted by atomic mass is 10.1. The average Bonchev–Trinajstić information content (AvgIpc) is 2.88. The fraction of sp³-hybridized carbons (Fsp3) is 0.462. The third kappa shape index (κ3) is 6.63. The Kier molecular flexibility index (Phi) is 9.58. The number of carbonyl (C=O) groups excluding carboxylic acids is 2. The van der Waals surface area contributed by atoms with E-state index in [2.05, 4.69) is 15.5 Å². The molecule has 8 nitrogen and oxygen atoms in total. The topological polar surface area (TPSA) is 89.1 Å². The van der Waals surface area contributed by atoms with Crippen molar-refractivity contribution in [2.75, 3.05) is 57.3 Å². The molecule has 1 aliphatic rings. The molecule has 34 heavy (non-hydrogen) atoms. The van der Waals surface area contributed by atoms with E-state index in [0.717, 1.165) is 38.0 Å². The lowest BCUT2D eigenvalue weighted by Gasteiger charge is -2.30. The molecule has 0 radical (unpaired) electrons. The standard InChI is InChI=1S/C26H35N3O5/c1-4-34-16-8-13-27-25(30)22-17-19(9-12-23(22)29-14-6-5-7-15-29)28-26(31)21-11-10-20(32-2)18-24(21)33-3/h9-12,17-18H,4-8,13-16H2,1-3H3,(H,27,30)(H,28,31). The maximum Gasteiger partial charge on any atom is 0.259 e. The van der Waals surface area contributed by atoms with E-state index in [0.29, 0.717) is 48.1 Å². The molecule has 0 unspecified atom stereocenters. The number of hydrogen-bond acceptors (Lipinski definition) is 6. The summed E-state index contributed by atoms with van der Waals surface area (Å²) in [4.78, 5) is 28.3. The largest absolute Gasteiger partial charge is 0.497 e. The Morgan fingerprint density at radius 2 is 1.74 bits per heavy atom. The first-order valence-corrected chi connectivity index (χ1v) is 11.9. The highest BCUT2D eigenvalue weighted by Crippen LogP contribution is 2.29. The fourth-order valence-electron chi connectivity index (χ4n) is 4.01. The van der Waals surface area contributed by atoms with Crippen molar-refractivity contribution < 1.29 is 23.8 Å². The number of piperidine rings is 1. The first-order chi connectivity index (χ1) is 16.6. The molecular formula is C26H35N3O5. The van der Waals surface area contributed by atoms with Gasteiger partial charge in [-0.05, 0) is 62.9 Å². The first-order valence-electron chi connectivity index (χ1n) is 11.9. The molecule has 0 spiro atoms. The molecule has 0 saturated carbocycles. The molecule has 3 rings (SSSR count). The second-order valence-corrected chi connectivity index (χ2v) is 8.11. The molecule has 2 amide bonds. The van der Waals surface area contributed by atoms with E-state index in [-0.39, 0.29) is 11.8 Å². The zero-order valence-electron chi connectivity index (χ0n) is 20.3. The predicted molar refractivity (Wildman–Crippen MR) is 133 cm³/mol. The average molecular weight is 470 g/mol. The Labute approximate surface area is 201 Å². The van der Waals surface area contributed by atoms with E-state index >= 15 is 0 Å². The molecule has 8 heteroatoms. The Morgan fingerprint density at radius 3 is 2.44 bits per heavy atom. The van der Waals surface area contributed by atoms with Gasteiger partial charge in [-0.2, -0.15) is 0 Å². The van der Waals surface area contributed by atoms with Gasteiger partial charge in [0.05, 0.1) is 25.3 Å². The van der Waals surface area contributed by atoms with E-state index in [1.807, 2.05) is 19.1 Å². The van der Waals surface area contributed by atoms with Crippen LogP contribution in [0.4, 0.5) is 11.4 Å². The van der Waals surface area contributed by atoms with Crippen molar-refractivity contribution in [3.05, 3.63) is 47.5 Å². The van der Waals surface area contributed by atoms with Gasteiger partial charge in [0.25, 0.3) is 11.8 Å². The van der Waals surface area contributed by atoms with Gasteiger partial charge in [-0.15, -0.1) is 0 Å². The normalized spacial score (nSPS) is 13.3. The van der Waals surface area contributed by atoms with Crippen LogP contribution in [0.1, 0.15) is 53.3 Å². The maximum absolute atomic E-state index is 13.1. The molecule has 0 aromatic heterocycles. The summed E-state index contributed by atoms with van der Waals surface area (Å²) in [6.07, 6.45) is 4.15. The number of nitrogens with zero attached hydrogens (tertiary/aromatic N) is 1. The highest BCUT2D eigenvalue weighted by Gasteiger charge is 2.20. The summed E-state index contributed by atoms with van der Waals surface area (Å²) in [5.41, 5.74) is 2.37. The smallest absolute Gasteiger partial charge is 0.259 e. The van der Waals surface area contributed by atoms with Crippen LogP contribution in [0, 0.1) is 0 Å². The molecule has 0 aliphatic carbocycles. The van der Waals surface area contributed by atoms with E-state index in [1.165, 1.54) is 13.5 Å². The van der Waals surface area contributed by atoms with E-state index in [1.54, 1.807) is 31.4 Å². The minimum Gasteiger partial charge on any atom is -0.497 e. The number of nitrogens with one attached hydrogen (secondary N) is 2. The van der Waals surface area contributed by atoms with E-state index in [9.17, 15) is 9.59 Å². The fourth-order valence-corrected chi connectivity index (χ4v) is 4.01. The van der Waals surface area contributed by atoms with Crippen molar-refractivity contribution >= 4 is 23.2 Å². The SMILES string of the molecule is CCOCCCNC(=O)c1cc(NC(=O)c2ccc(OC)cc2OC)ccc1N1CCCCC1. The van der Waals surface area contributed by atoms with Gasteiger partial charge >= 0.3 is 0 Å². The van der Waals surface area contributed by atoms with Gasteiger partial charge in [-0.1, -0.05) is 0 Å². The van der Waals surface area contributed by atoms with Crippen LogP contribution in [0.3, 0.4) is 0 Å². The van der Waals surface area contributed by atoms with Crippen LogP contribution < -0.4 is 25.0 Å². The molecule has 184 valence electrons. The van der Waals surface area contributed by atoms with Crippen LogP contribution in [0.2, 0.25) is 0 Å². The number of rotatable bonds is 11. The number of carbonyl (C=O) groups is 2. The van der Waals surface area contributed by atoms with Crippen LogP contribution in [-0.4, -0.2) is 58.9 Å². The number of ether oxygens (including phenoxy) is 3. The number of benzene rings is 2. The molecule has 1 fully saturated rings. The zero-order chi connectivity index (χ0) is 24.3. The van der Waals surface area contributed by atoms with Gasteiger partial charge in [0, 0.05) is 50.3 Å². The molecule has 2 aromatic carbocycles. The third-order valence-corrected chi connectivity index (χ3v) is 5.80. The molecule has 1 heterocycles. The second kappa shape index (κ2) is 12.8. The quantitative estimate of drug-likeness (QED) is 0.482. The second-order valence-electron chi connectivity index (χ2n) is 8.11. The van der Waals surface area contributed by atoms with Gasteiger partial charge in [0.2, 0.25) is 0 Å². The monoisotopic (exact) mass is 469 g/mol. The van der Waals surface area contributed by atoms with Gasteiger partial charge in [-0.3, -0.25) is 9.59 Å².